The van der Waals surface area contributed by atoms with Crippen LogP contribution in [0.5, 0.6) is 0 Å². The molecule has 0 amide bonds. The molecule has 0 unspecified atom stereocenters. The third kappa shape index (κ3) is 3.08. The van der Waals surface area contributed by atoms with Gasteiger partial charge in [-0.05, 0) is 57.0 Å². The molecule has 2 fully saturated rings. The highest BCUT2D eigenvalue weighted by Gasteiger charge is 2.46. The Bertz CT molecular complexity index is 242. The maximum atomic E-state index is 3.69. The molecular formula is C16H32N2. The number of likely N-dealkylation sites (tertiary alicyclic amines) is 1. The average Bonchev–Trinajstić information content (AvgIpc) is 2.30. The van der Waals surface area contributed by atoms with Gasteiger partial charge in [0.15, 0.2) is 0 Å². The number of nitrogens with zero attached hydrogens (tertiary/aromatic N) is 1. The molecule has 1 N–H and O–H groups in total. The molecule has 0 aromatic heterocycles. The summed E-state index contributed by atoms with van der Waals surface area (Å²) in [6.45, 7) is 11.9. The number of rotatable bonds is 5. The van der Waals surface area contributed by atoms with Crippen LogP contribution in [0.2, 0.25) is 0 Å². The van der Waals surface area contributed by atoms with Crippen LogP contribution in [-0.4, -0.2) is 36.1 Å². The highest BCUT2D eigenvalue weighted by atomic mass is 15.2. The van der Waals surface area contributed by atoms with Gasteiger partial charge in [-0.1, -0.05) is 27.7 Å². The van der Waals surface area contributed by atoms with Gasteiger partial charge in [-0.25, -0.2) is 0 Å². The van der Waals surface area contributed by atoms with Gasteiger partial charge in [-0.2, -0.15) is 0 Å². The number of hydrogen-bond acceptors (Lipinski definition) is 2. The van der Waals surface area contributed by atoms with Crippen LogP contribution in [0.25, 0.3) is 0 Å². The predicted molar refractivity (Wildman–Crippen MR) is 78.9 cm³/mol. The minimum Gasteiger partial charge on any atom is -0.312 e. The van der Waals surface area contributed by atoms with Crippen molar-refractivity contribution < 1.29 is 0 Å². The maximum absolute atomic E-state index is 3.69. The lowest BCUT2D eigenvalue weighted by molar-refractivity contribution is -0.0100. The molecule has 0 atom stereocenters. The van der Waals surface area contributed by atoms with E-state index in [1.54, 1.807) is 0 Å². The normalized spacial score (nSPS) is 25.0. The van der Waals surface area contributed by atoms with Crippen molar-refractivity contribution in [3.05, 3.63) is 0 Å². The zero-order valence-corrected chi connectivity index (χ0v) is 12.8. The lowest BCUT2D eigenvalue weighted by Gasteiger charge is -2.54. The van der Waals surface area contributed by atoms with E-state index in [-0.39, 0.29) is 0 Å². The summed E-state index contributed by atoms with van der Waals surface area (Å²) in [6, 6.07) is 2.30. The van der Waals surface area contributed by atoms with Crippen LogP contribution in [-0.2, 0) is 0 Å². The second kappa shape index (κ2) is 5.92. The zero-order valence-electron chi connectivity index (χ0n) is 12.8. The number of piperidine rings is 1. The molecule has 0 radical (unpaired) electrons. The molecule has 2 rings (SSSR count). The Labute approximate surface area is 114 Å². The summed E-state index contributed by atoms with van der Waals surface area (Å²) >= 11 is 0. The molecule has 0 aromatic rings. The maximum Gasteiger partial charge on any atom is 0.00900 e. The summed E-state index contributed by atoms with van der Waals surface area (Å²) < 4.78 is 0. The van der Waals surface area contributed by atoms with Crippen molar-refractivity contribution in [3.8, 4) is 0 Å². The summed E-state index contributed by atoms with van der Waals surface area (Å²) in [7, 11) is 0. The van der Waals surface area contributed by atoms with E-state index in [9.17, 15) is 0 Å². The van der Waals surface area contributed by atoms with Crippen molar-refractivity contribution in [2.45, 2.75) is 84.3 Å². The Hall–Kier alpha value is -0.0800. The zero-order chi connectivity index (χ0) is 13.2. The van der Waals surface area contributed by atoms with Crippen molar-refractivity contribution in [1.29, 1.82) is 0 Å². The minimum atomic E-state index is 0.650. The fourth-order valence-electron chi connectivity index (χ4n) is 4.15. The molecule has 1 aliphatic heterocycles. The third-order valence-electron chi connectivity index (χ3n) is 5.25. The fourth-order valence-corrected chi connectivity index (χ4v) is 4.15. The molecule has 1 heterocycles. The van der Waals surface area contributed by atoms with Crippen molar-refractivity contribution in [2.24, 2.45) is 5.41 Å². The molecular weight excluding hydrogens is 220 g/mol. The topological polar surface area (TPSA) is 15.3 Å². The highest BCUT2D eigenvalue weighted by molar-refractivity contribution is 5.01. The van der Waals surface area contributed by atoms with Gasteiger partial charge in [0.05, 0.1) is 0 Å². The number of nitrogens with one attached hydrogen (secondary N) is 1. The summed E-state index contributed by atoms with van der Waals surface area (Å²) in [5, 5.41) is 3.69. The van der Waals surface area contributed by atoms with Gasteiger partial charge in [0.25, 0.3) is 0 Å². The Morgan fingerprint density at radius 1 is 1.11 bits per heavy atom. The summed E-state index contributed by atoms with van der Waals surface area (Å²) in [5.74, 6) is 0. The summed E-state index contributed by atoms with van der Waals surface area (Å²) in [6.07, 6.45) is 8.39. The Balaban J connectivity index is 1.75. The van der Waals surface area contributed by atoms with Crippen molar-refractivity contribution in [1.82, 2.24) is 10.2 Å². The van der Waals surface area contributed by atoms with E-state index in [0.29, 0.717) is 6.04 Å². The van der Waals surface area contributed by atoms with E-state index in [1.807, 2.05) is 0 Å². The molecule has 18 heavy (non-hydrogen) atoms. The van der Waals surface area contributed by atoms with Gasteiger partial charge in [0.2, 0.25) is 0 Å². The van der Waals surface area contributed by atoms with Crippen LogP contribution in [0.4, 0.5) is 0 Å². The molecule has 106 valence electrons. The summed E-state index contributed by atoms with van der Waals surface area (Å²) in [4.78, 5) is 2.74. The van der Waals surface area contributed by atoms with E-state index in [1.165, 1.54) is 51.6 Å². The molecule has 1 aliphatic carbocycles. The molecule has 2 nitrogen and oxygen atoms in total. The lowest BCUT2D eigenvalue weighted by atomic mass is 9.60. The predicted octanol–water partition coefficient (Wildman–Crippen LogP) is 3.42. The standard InChI is InChI=1S/C16H32N2/c1-5-15(6-2)18-9-7-16(8-10-18)11-14(12-16)17-13(3)4/h13-15,17H,5-12H2,1-4H3. The second-order valence-corrected chi connectivity index (χ2v) is 6.93. The SMILES string of the molecule is CCC(CC)N1CCC2(CC1)CC(NC(C)C)C2. The third-order valence-corrected chi connectivity index (χ3v) is 5.25. The molecule has 2 heteroatoms. The van der Waals surface area contributed by atoms with Crippen molar-refractivity contribution >= 4 is 0 Å². The first-order chi connectivity index (χ1) is 8.58. The van der Waals surface area contributed by atoms with Gasteiger partial charge >= 0.3 is 0 Å². The molecule has 1 spiro atoms. The fraction of sp³-hybridized carbons (Fsp3) is 1.00. The minimum absolute atomic E-state index is 0.650. The smallest absolute Gasteiger partial charge is 0.00900 e. The number of hydrogen-bond donors (Lipinski definition) is 1. The van der Waals surface area contributed by atoms with Crippen molar-refractivity contribution in [2.75, 3.05) is 13.1 Å². The molecule has 2 aliphatic rings. The highest BCUT2D eigenvalue weighted by Crippen LogP contribution is 2.49. The van der Waals surface area contributed by atoms with E-state index in [2.05, 4.69) is 37.9 Å². The van der Waals surface area contributed by atoms with Gasteiger partial charge in [0, 0.05) is 18.1 Å². The lowest BCUT2D eigenvalue weighted by Crippen LogP contribution is -2.56. The largest absolute Gasteiger partial charge is 0.312 e. The van der Waals surface area contributed by atoms with Crippen LogP contribution >= 0.6 is 0 Å². The van der Waals surface area contributed by atoms with Gasteiger partial charge in [-0.15, -0.1) is 0 Å². The van der Waals surface area contributed by atoms with E-state index in [0.717, 1.165) is 17.5 Å². The molecule has 0 bridgehead atoms. The van der Waals surface area contributed by atoms with E-state index in [4.69, 9.17) is 0 Å². The van der Waals surface area contributed by atoms with E-state index >= 15 is 0 Å². The Kier molecular flexibility index (Phi) is 4.71. The van der Waals surface area contributed by atoms with Crippen LogP contribution in [0.3, 0.4) is 0 Å². The first-order valence-corrected chi connectivity index (χ1v) is 8.08. The Morgan fingerprint density at radius 3 is 2.11 bits per heavy atom. The first-order valence-electron chi connectivity index (χ1n) is 8.08. The second-order valence-electron chi connectivity index (χ2n) is 6.93. The monoisotopic (exact) mass is 252 g/mol. The quantitative estimate of drug-likeness (QED) is 0.806. The molecule has 1 saturated carbocycles. The van der Waals surface area contributed by atoms with Gasteiger partial charge < -0.3 is 10.2 Å². The van der Waals surface area contributed by atoms with Gasteiger partial charge in [0.1, 0.15) is 0 Å². The summed E-state index contributed by atoms with van der Waals surface area (Å²) in [5.41, 5.74) is 0.717. The van der Waals surface area contributed by atoms with Crippen LogP contribution in [0, 0.1) is 5.41 Å². The average molecular weight is 252 g/mol. The van der Waals surface area contributed by atoms with Gasteiger partial charge in [-0.3, -0.25) is 0 Å². The van der Waals surface area contributed by atoms with Crippen molar-refractivity contribution in [3.63, 3.8) is 0 Å². The van der Waals surface area contributed by atoms with Crippen LogP contribution < -0.4 is 5.32 Å². The Morgan fingerprint density at radius 2 is 1.67 bits per heavy atom. The van der Waals surface area contributed by atoms with E-state index < -0.39 is 0 Å². The molecule has 0 aromatic carbocycles. The first kappa shape index (κ1) is 14.3. The molecule has 1 saturated heterocycles. The van der Waals surface area contributed by atoms with Crippen LogP contribution in [0.15, 0.2) is 0 Å². The van der Waals surface area contributed by atoms with Crippen LogP contribution in [0.1, 0.15) is 66.2 Å².